The van der Waals surface area contributed by atoms with Gasteiger partial charge in [-0.15, -0.1) is 11.6 Å². The lowest BCUT2D eigenvalue weighted by Gasteiger charge is -2.27. The standard InChI is InChI=1S/C7H13ClNO/c1-7(8)6-9-2-4-10-5-3-9/h7H,1-6H2. The zero-order valence-electron chi connectivity index (χ0n) is 6.05. The fraction of sp³-hybridized carbons (Fsp3) is 0.857. The van der Waals surface area contributed by atoms with Gasteiger partial charge >= 0.3 is 0 Å². The molecule has 1 radical (unpaired) electrons. The lowest BCUT2D eigenvalue weighted by molar-refractivity contribution is 0.0390. The predicted molar refractivity (Wildman–Crippen MR) is 42.3 cm³/mol. The highest BCUT2D eigenvalue weighted by atomic mass is 35.5. The minimum absolute atomic E-state index is 0.0121. The largest absolute Gasteiger partial charge is 0.379 e. The van der Waals surface area contributed by atoms with Crippen LogP contribution in [-0.4, -0.2) is 43.1 Å². The second-order valence-electron chi connectivity index (χ2n) is 2.51. The quantitative estimate of drug-likeness (QED) is 0.556. The number of morpholine rings is 1. The second kappa shape index (κ2) is 4.16. The molecule has 1 rings (SSSR count). The smallest absolute Gasteiger partial charge is 0.0594 e. The normalized spacial score (nSPS) is 24.6. The summed E-state index contributed by atoms with van der Waals surface area (Å²) in [6, 6.07) is 0. The molecule has 59 valence electrons. The summed E-state index contributed by atoms with van der Waals surface area (Å²) < 4.78 is 5.18. The van der Waals surface area contributed by atoms with Gasteiger partial charge in [-0.2, -0.15) is 0 Å². The van der Waals surface area contributed by atoms with Crippen molar-refractivity contribution >= 4 is 11.6 Å². The lowest BCUT2D eigenvalue weighted by atomic mass is 10.3. The maximum absolute atomic E-state index is 5.72. The van der Waals surface area contributed by atoms with E-state index < -0.39 is 0 Å². The molecule has 2 nitrogen and oxygen atoms in total. The van der Waals surface area contributed by atoms with Crippen molar-refractivity contribution in [1.82, 2.24) is 4.90 Å². The van der Waals surface area contributed by atoms with Crippen LogP contribution in [0, 0.1) is 6.92 Å². The third kappa shape index (κ3) is 2.86. The summed E-state index contributed by atoms with van der Waals surface area (Å²) in [6.07, 6.45) is 0. The van der Waals surface area contributed by atoms with E-state index in [1.807, 2.05) is 0 Å². The number of hydrogen-bond acceptors (Lipinski definition) is 2. The molecule has 0 aromatic heterocycles. The molecule has 0 amide bonds. The average molecular weight is 163 g/mol. The zero-order chi connectivity index (χ0) is 7.40. The van der Waals surface area contributed by atoms with Crippen molar-refractivity contribution in [1.29, 1.82) is 0 Å². The van der Waals surface area contributed by atoms with Crippen LogP contribution in [0.15, 0.2) is 0 Å². The van der Waals surface area contributed by atoms with Crippen LogP contribution < -0.4 is 0 Å². The number of rotatable bonds is 2. The molecular formula is C7H13ClNO. The fourth-order valence-corrected chi connectivity index (χ4v) is 1.26. The Labute approximate surface area is 67.1 Å². The van der Waals surface area contributed by atoms with Crippen LogP contribution in [0.1, 0.15) is 0 Å². The van der Waals surface area contributed by atoms with Gasteiger partial charge in [-0.05, 0) is 6.92 Å². The maximum atomic E-state index is 5.72. The average Bonchev–Trinajstić information content (AvgIpc) is 1.88. The van der Waals surface area contributed by atoms with E-state index in [2.05, 4.69) is 11.8 Å². The van der Waals surface area contributed by atoms with Crippen molar-refractivity contribution < 1.29 is 4.74 Å². The fourth-order valence-electron chi connectivity index (χ4n) is 1.06. The third-order valence-electron chi connectivity index (χ3n) is 1.56. The van der Waals surface area contributed by atoms with Crippen molar-refractivity contribution in [2.45, 2.75) is 5.38 Å². The van der Waals surface area contributed by atoms with Gasteiger partial charge in [0.15, 0.2) is 0 Å². The molecule has 0 aromatic carbocycles. The first-order valence-electron chi connectivity index (χ1n) is 3.56. The molecule has 1 saturated heterocycles. The molecule has 1 atom stereocenters. The summed E-state index contributed by atoms with van der Waals surface area (Å²) >= 11 is 5.72. The lowest BCUT2D eigenvalue weighted by Crippen LogP contribution is -2.39. The number of nitrogens with zero attached hydrogens (tertiary/aromatic N) is 1. The highest BCUT2D eigenvalue weighted by Gasteiger charge is 2.11. The summed E-state index contributed by atoms with van der Waals surface area (Å²) in [5.41, 5.74) is 0. The first-order valence-corrected chi connectivity index (χ1v) is 4.00. The highest BCUT2D eigenvalue weighted by molar-refractivity contribution is 6.21. The topological polar surface area (TPSA) is 12.5 Å². The number of ether oxygens (including phenoxy) is 1. The second-order valence-corrected chi connectivity index (χ2v) is 3.13. The molecule has 1 fully saturated rings. The molecule has 1 aliphatic heterocycles. The molecule has 0 aromatic rings. The van der Waals surface area contributed by atoms with Crippen LogP contribution >= 0.6 is 11.6 Å². The molecular weight excluding hydrogens is 150 g/mol. The van der Waals surface area contributed by atoms with Gasteiger partial charge in [-0.1, -0.05) is 0 Å². The summed E-state index contributed by atoms with van der Waals surface area (Å²) in [7, 11) is 0. The highest BCUT2D eigenvalue weighted by Crippen LogP contribution is 2.01. The Bertz CT molecular complexity index is 91.6. The van der Waals surface area contributed by atoms with Crippen LogP contribution in [0.2, 0.25) is 0 Å². The molecule has 0 saturated carbocycles. The first-order chi connectivity index (χ1) is 4.79. The number of halogens is 1. The van der Waals surface area contributed by atoms with E-state index in [-0.39, 0.29) is 5.38 Å². The predicted octanol–water partition coefficient (Wildman–Crippen LogP) is 0.760. The van der Waals surface area contributed by atoms with E-state index >= 15 is 0 Å². The molecule has 0 N–H and O–H groups in total. The monoisotopic (exact) mass is 162 g/mol. The van der Waals surface area contributed by atoms with Crippen molar-refractivity contribution in [3.8, 4) is 0 Å². The van der Waals surface area contributed by atoms with Gasteiger partial charge in [-0.25, -0.2) is 0 Å². The van der Waals surface area contributed by atoms with E-state index in [1.54, 1.807) is 0 Å². The zero-order valence-corrected chi connectivity index (χ0v) is 6.81. The van der Waals surface area contributed by atoms with E-state index in [9.17, 15) is 0 Å². The van der Waals surface area contributed by atoms with Crippen molar-refractivity contribution in [2.24, 2.45) is 0 Å². The van der Waals surface area contributed by atoms with Gasteiger partial charge < -0.3 is 4.74 Å². The summed E-state index contributed by atoms with van der Waals surface area (Å²) in [6.45, 7) is 8.27. The van der Waals surface area contributed by atoms with Crippen molar-refractivity contribution in [3.63, 3.8) is 0 Å². The summed E-state index contributed by atoms with van der Waals surface area (Å²) in [4.78, 5) is 2.27. The minimum atomic E-state index is 0.0121. The summed E-state index contributed by atoms with van der Waals surface area (Å²) in [5, 5.41) is 0.0121. The van der Waals surface area contributed by atoms with Gasteiger partial charge in [0.25, 0.3) is 0 Å². The van der Waals surface area contributed by atoms with E-state index in [4.69, 9.17) is 16.3 Å². The maximum Gasteiger partial charge on any atom is 0.0594 e. The first kappa shape index (κ1) is 8.31. The van der Waals surface area contributed by atoms with E-state index in [1.165, 1.54) is 0 Å². The van der Waals surface area contributed by atoms with E-state index in [0.29, 0.717) is 0 Å². The molecule has 10 heavy (non-hydrogen) atoms. The molecule has 0 spiro atoms. The Kier molecular flexibility index (Phi) is 3.46. The molecule has 1 heterocycles. The van der Waals surface area contributed by atoms with Crippen LogP contribution in [0.3, 0.4) is 0 Å². The van der Waals surface area contributed by atoms with Crippen molar-refractivity contribution in [3.05, 3.63) is 6.92 Å². The molecule has 0 aliphatic carbocycles. The Morgan fingerprint density at radius 1 is 1.50 bits per heavy atom. The van der Waals surface area contributed by atoms with Crippen LogP contribution in [-0.2, 0) is 4.74 Å². The Balaban J connectivity index is 2.13. The number of hydrogen-bond donors (Lipinski definition) is 0. The SMILES string of the molecule is [CH2]C(Cl)CN1CCOCC1. The molecule has 1 unspecified atom stereocenters. The van der Waals surface area contributed by atoms with Crippen molar-refractivity contribution in [2.75, 3.05) is 32.8 Å². The molecule has 3 heteroatoms. The summed E-state index contributed by atoms with van der Waals surface area (Å²) in [5.74, 6) is 0. The van der Waals surface area contributed by atoms with Gasteiger partial charge in [0.1, 0.15) is 0 Å². The molecule has 0 bridgehead atoms. The van der Waals surface area contributed by atoms with Crippen LogP contribution in [0.5, 0.6) is 0 Å². The van der Waals surface area contributed by atoms with Crippen LogP contribution in [0.4, 0.5) is 0 Å². The number of alkyl halides is 1. The Morgan fingerprint density at radius 2 is 2.10 bits per heavy atom. The third-order valence-corrected chi connectivity index (χ3v) is 1.70. The molecule has 1 aliphatic rings. The van der Waals surface area contributed by atoms with Crippen LogP contribution in [0.25, 0.3) is 0 Å². The van der Waals surface area contributed by atoms with Gasteiger partial charge in [-0.3, -0.25) is 4.90 Å². The van der Waals surface area contributed by atoms with Gasteiger partial charge in [0.05, 0.1) is 13.2 Å². The Hall–Kier alpha value is 0.210. The Morgan fingerprint density at radius 3 is 2.60 bits per heavy atom. The van der Waals surface area contributed by atoms with Gasteiger partial charge in [0, 0.05) is 25.0 Å². The van der Waals surface area contributed by atoms with Gasteiger partial charge in [0.2, 0.25) is 0 Å². The van der Waals surface area contributed by atoms with E-state index in [0.717, 1.165) is 32.8 Å². The minimum Gasteiger partial charge on any atom is -0.379 e.